The zero-order valence-electron chi connectivity index (χ0n) is 19.1. The van der Waals surface area contributed by atoms with E-state index >= 15 is 0 Å². The number of rotatable bonds is 6. The quantitative estimate of drug-likeness (QED) is 0.321. The van der Waals surface area contributed by atoms with E-state index in [-0.39, 0.29) is 10.2 Å². The van der Waals surface area contributed by atoms with Crippen LogP contribution in [0, 0.1) is 20.8 Å². The number of carboxylic acids is 1. The van der Waals surface area contributed by atoms with Gasteiger partial charge >= 0.3 is 5.97 Å². The number of nitrogens with zero attached hydrogens (tertiary/aromatic N) is 2. The van der Waals surface area contributed by atoms with E-state index in [2.05, 4.69) is 62.1 Å². The topological polar surface area (TPSA) is 60.9 Å². The van der Waals surface area contributed by atoms with E-state index in [1.807, 2.05) is 30.3 Å². The highest BCUT2D eigenvalue weighted by atomic mass is 32.2. The number of carboxylic acid groups (broad SMARTS) is 1. The number of hydrogen-bond donors (Lipinski definition) is 1. The van der Waals surface area contributed by atoms with Crippen LogP contribution in [0.5, 0.6) is 0 Å². The number of benzene rings is 3. The second-order valence-corrected chi connectivity index (χ2v) is 9.87. The number of hydrogen-bond acceptors (Lipinski definition) is 5. The third-order valence-corrected chi connectivity index (χ3v) is 7.00. The molecule has 172 valence electrons. The van der Waals surface area contributed by atoms with Gasteiger partial charge in [0, 0.05) is 17.1 Å². The number of thiocarbonyl (C=S) groups is 1. The van der Waals surface area contributed by atoms with Gasteiger partial charge in [-0.15, -0.1) is 0 Å². The molecule has 4 rings (SSSR count). The van der Waals surface area contributed by atoms with Crippen molar-refractivity contribution in [1.82, 2.24) is 4.90 Å². The summed E-state index contributed by atoms with van der Waals surface area (Å²) in [4.78, 5) is 27.3. The van der Waals surface area contributed by atoms with Gasteiger partial charge in [-0.05, 0) is 85.5 Å². The molecule has 1 aliphatic heterocycles. The normalized spacial score (nSPS) is 14.7. The first kappa shape index (κ1) is 23.7. The van der Waals surface area contributed by atoms with Crippen molar-refractivity contribution in [2.45, 2.75) is 20.8 Å². The van der Waals surface area contributed by atoms with E-state index < -0.39 is 12.5 Å². The van der Waals surface area contributed by atoms with Crippen LogP contribution in [0.3, 0.4) is 0 Å². The maximum Gasteiger partial charge on any atom is 0.323 e. The van der Waals surface area contributed by atoms with Gasteiger partial charge in [0.2, 0.25) is 0 Å². The fourth-order valence-electron chi connectivity index (χ4n) is 3.72. The molecule has 1 heterocycles. The molecule has 0 radical (unpaired) electrons. The Morgan fingerprint density at radius 1 is 0.971 bits per heavy atom. The van der Waals surface area contributed by atoms with E-state index in [0.29, 0.717) is 4.91 Å². The molecule has 0 spiro atoms. The number of amides is 1. The van der Waals surface area contributed by atoms with E-state index in [4.69, 9.17) is 17.3 Å². The lowest BCUT2D eigenvalue weighted by atomic mass is 10.1. The summed E-state index contributed by atoms with van der Waals surface area (Å²) in [6, 6.07) is 22.7. The number of carbonyl (C=O) groups is 2. The molecule has 3 aromatic carbocycles. The molecule has 0 unspecified atom stereocenters. The first-order chi connectivity index (χ1) is 16.2. The summed E-state index contributed by atoms with van der Waals surface area (Å²) >= 11 is 6.30. The van der Waals surface area contributed by atoms with Crippen molar-refractivity contribution in [1.29, 1.82) is 0 Å². The highest BCUT2D eigenvalue weighted by Gasteiger charge is 2.33. The smallest absolute Gasteiger partial charge is 0.323 e. The number of carbonyl (C=O) groups excluding carboxylic acids is 1. The molecule has 7 heteroatoms. The van der Waals surface area contributed by atoms with Crippen LogP contribution in [0.15, 0.2) is 71.6 Å². The molecule has 5 nitrogen and oxygen atoms in total. The Kier molecular flexibility index (Phi) is 6.86. The zero-order valence-corrected chi connectivity index (χ0v) is 20.7. The van der Waals surface area contributed by atoms with Crippen LogP contribution >= 0.6 is 24.0 Å². The fourth-order valence-corrected chi connectivity index (χ4v) is 4.98. The highest BCUT2D eigenvalue weighted by molar-refractivity contribution is 8.26. The third-order valence-electron chi connectivity index (χ3n) is 5.62. The first-order valence-electron chi connectivity index (χ1n) is 10.7. The monoisotopic (exact) mass is 488 g/mol. The molecule has 0 atom stereocenters. The minimum Gasteiger partial charge on any atom is -0.480 e. The molecule has 1 saturated heterocycles. The number of aliphatic carboxylic acids is 1. The third kappa shape index (κ3) is 5.05. The summed E-state index contributed by atoms with van der Waals surface area (Å²) in [5, 5.41) is 9.02. The number of thioether (sulfide) groups is 1. The summed E-state index contributed by atoms with van der Waals surface area (Å²) in [6.45, 7) is 5.86. The summed E-state index contributed by atoms with van der Waals surface area (Å²) < 4.78 is 0.260. The van der Waals surface area contributed by atoms with Crippen LogP contribution in [0.2, 0.25) is 0 Å². The lowest BCUT2D eigenvalue weighted by Gasteiger charge is -2.26. The Labute approximate surface area is 208 Å². The molecular formula is C27H24N2O3S2. The van der Waals surface area contributed by atoms with Crippen LogP contribution in [0.1, 0.15) is 22.3 Å². The van der Waals surface area contributed by atoms with Crippen molar-refractivity contribution in [2.24, 2.45) is 0 Å². The van der Waals surface area contributed by atoms with Gasteiger partial charge in [0.25, 0.3) is 5.91 Å². The molecule has 0 saturated carbocycles. The van der Waals surface area contributed by atoms with Gasteiger partial charge in [0.05, 0.1) is 4.91 Å². The Morgan fingerprint density at radius 3 is 2.29 bits per heavy atom. The average molecular weight is 489 g/mol. The van der Waals surface area contributed by atoms with Gasteiger partial charge < -0.3 is 10.0 Å². The molecule has 0 aromatic heterocycles. The minimum atomic E-state index is -1.09. The molecule has 1 N–H and O–H groups in total. The van der Waals surface area contributed by atoms with Crippen molar-refractivity contribution in [2.75, 3.05) is 11.4 Å². The average Bonchev–Trinajstić information content (AvgIpc) is 3.04. The van der Waals surface area contributed by atoms with Crippen LogP contribution in [-0.2, 0) is 9.59 Å². The van der Waals surface area contributed by atoms with Gasteiger partial charge in [-0.3, -0.25) is 14.5 Å². The van der Waals surface area contributed by atoms with E-state index in [9.17, 15) is 9.59 Å². The molecule has 1 amide bonds. The minimum absolute atomic E-state index is 0.260. The van der Waals surface area contributed by atoms with Crippen LogP contribution < -0.4 is 4.90 Å². The SMILES string of the molecule is Cc1cccc(N(c2ccc(/C=C3/SC(=S)N(CC(=O)O)C3=O)cc2)c2ccc(C)c(C)c2)c1. The first-order valence-corrected chi connectivity index (χ1v) is 12.0. The van der Waals surface area contributed by atoms with Gasteiger partial charge in [-0.25, -0.2) is 0 Å². The molecule has 1 fully saturated rings. The van der Waals surface area contributed by atoms with Gasteiger partial charge in [-0.2, -0.15) is 0 Å². The van der Waals surface area contributed by atoms with E-state index in [1.165, 1.54) is 16.7 Å². The fraction of sp³-hybridized carbons (Fsp3) is 0.148. The second-order valence-electron chi connectivity index (χ2n) is 8.20. The highest BCUT2D eigenvalue weighted by Crippen LogP contribution is 2.37. The van der Waals surface area contributed by atoms with Gasteiger partial charge in [0.1, 0.15) is 10.9 Å². The molecule has 3 aromatic rings. The van der Waals surface area contributed by atoms with Crippen molar-refractivity contribution in [3.8, 4) is 0 Å². The molecule has 34 heavy (non-hydrogen) atoms. The van der Waals surface area contributed by atoms with E-state index in [0.717, 1.165) is 39.3 Å². The van der Waals surface area contributed by atoms with Gasteiger partial charge in [-0.1, -0.05) is 54.3 Å². The zero-order chi connectivity index (χ0) is 24.4. The molecular weight excluding hydrogens is 464 g/mol. The summed E-state index contributed by atoms with van der Waals surface area (Å²) in [5.41, 5.74) is 7.58. The van der Waals surface area contributed by atoms with Crippen molar-refractivity contribution >= 4 is 63.3 Å². The Morgan fingerprint density at radius 2 is 1.65 bits per heavy atom. The van der Waals surface area contributed by atoms with Crippen molar-refractivity contribution < 1.29 is 14.7 Å². The van der Waals surface area contributed by atoms with Crippen molar-refractivity contribution in [3.05, 3.63) is 93.9 Å². The largest absolute Gasteiger partial charge is 0.480 e. The number of anilines is 3. The molecule has 0 aliphatic carbocycles. The predicted molar refractivity (Wildman–Crippen MR) is 143 cm³/mol. The maximum atomic E-state index is 12.6. The summed E-state index contributed by atoms with van der Waals surface area (Å²) in [6.07, 6.45) is 1.75. The summed E-state index contributed by atoms with van der Waals surface area (Å²) in [7, 11) is 0. The maximum absolute atomic E-state index is 12.6. The molecule has 0 bridgehead atoms. The standard InChI is InChI=1S/C27H24N2O3S2/c1-17-5-4-6-22(13-17)29(23-10-7-18(2)19(3)14-23)21-11-8-20(9-12-21)15-24-26(32)28(16-25(30)31)27(33)34-24/h4-15H,16H2,1-3H3,(H,30,31)/b24-15+. The Hall–Kier alpha value is -3.42. The predicted octanol–water partition coefficient (Wildman–Crippen LogP) is 6.37. The van der Waals surface area contributed by atoms with Crippen LogP contribution in [0.25, 0.3) is 6.08 Å². The Bertz CT molecular complexity index is 1320. The number of aryl methyl sites for hydroxylation is 3. The lowest BCUT2D eigenvalue weighted by molar-refractivity contribution is -0.140. The van der Waals surface area contributed by atoms with Crippen LogP contribution in [0.4, 0.5) is 17.1 Å². The van der Waals surface area contributed by atoms with Gasteiger partial charge in [0.15, 0.2) is 0 Å². The van der Waals surface area contributed by atoms with Crippen molar-refractivity contribution in [3.63, 3.8) is 0 Å². The van der Waals surface area contributed by atoms with E-state index in [1.54, 1.807) is 6.08 Å². The molecule has 1 aliphatic rings. The lowest BCUT2D eigenvalue weighted by Crippen LogP contribution is -2.33. The Balaban J connectivity index is 1.68. The van der Waals surface area contributed by atoms with Crippen LogP contribution in [-0.4, -0.2) is 32.7 Å². The summed E-state index contributed by atoms with van der Waals surface area (Å²) in [5.74, 6) is -1.47. The second kappa shape index (κ2) is 9.83.